The van der Waals surface area contributed by atoms with Crippen molar-refractivity contribution in [3.63, 3.8) is 0 Å². The summed E-state index contributed by atoms with van der Waals surface area (Å²) in [6.07, 6.45) is 2.43. The molecule has 28 heavy (non-hydrogen) atoms. The van der Waals surface area contributed by atoms with Gasteiger partial charge in [-0.1, -0.05) is 90.1 Å². The molecule has 0 atom stereocenters. The number of hydrogen-bond donors (Lipinski definition) is 0. The van der Waals surface area contributed by atoms with Crippen LogP contribution in [0, 0.1) is 26.2 Å². The van der Waals surface area contributed by atoms with Gasteiger partial charge in [0.15, 0.2) is 0 Å². The normalized spacial score (nSPS) is 20.2. The zero-order valence-corrected chi connectivity index (χ0v) is 17.5. The monoisotopic (exact) mass is 383 g/mol. The third-order valence-electron chi connectivity index (χ3n) is 6.29. The highest BCUT2D eigenvalue weighted by atomic mass is 32.2. The quantitative estimate of drug-likeness (QED) is 0.469. The maximum absolute atomic E-state index is 5.25. The molecule has 3 aromatic carbocycles. The lowest BCUT2D eigenvalue weighted by Gasteiger charge is -2.51. The first kappa shape index (κ1) is 17.8. The van der Waals surface area contributed by atoms with Gasteiger partial charge in [0.25, 0.3) is 0 Å². The van der Waals surface area contributed by atoms with E-state index in [1.165, 1.54) is 45.7 Å². The number of aliphatic imine (C=N–C) groups is 1. The number of benzene rings is 3. The summed E-state index contributed by atoms with van der Waals surface area (Å²) in [5.74, 6) is 0. The first-order chi connectivity index (χ1) is 13.6. The van der Waals surface area contributed by atoms with Gasteiger partial charge in [0.1, 0.15) is 0 Å². The highest BCUT2D eigenvalue weighted by Gasteiger charge is 2.72. The Kier molecular flexibility index (Phi) is 4.03. The molecule has 2 heteroatoms. The van der Waals surface area contributed by atoms with Crippen molar-refractivity contribution in [1.82, 2.24) is 0 Å². The maximum Gasteiger partial charge on any atom is 0.0834 e. The molecule has 1 saturated carbocycles. The van der Waals surface area contributed by atoms with Crippen molar-refractivity contribution in [1.29, 1.82) is 0 Å². The second-order valence-electron chi connectivity index (χ2n) is 8.26. The van der Waals surface area contributed by atoms with Gasteiger partial charge in [0.2, 0.25) is 0 Å². The lowest BCUT2D eigenvalue weighted by molar-refractivity contribution is 0.528. The Morgan fingerprint density at radius 2 is 1.25 bits per heavy atom. The van der Waals surface area contributed by atoms with Gasteiger partial charge in [0.05, 0.1) is 15.5 Å². The van der Waals surface area contributed by atoms with Crippen LogP contribution in [0.2, 0.25) is 0 Å². The van der Waals surface area contributed by atoms with Gasteiger partial charge >= 0.3 is 0 Å². The molecule has 0 radical (unpaired) electrons. The molecule has 3 aromatic rings. The van der Waals surface area contributed by atoms with E-state index in [0.717, 1.165) is 5.69 Å². The number of rotatable bonds is 3. The standard InChI is InChI=1S/C26H25NS/c1-18-16-19(2)23(20(3)17-18)27-24-25(14-15-25)26(28-24,21-10-6-4-7-11-21)22-12-8-5-9-13-22/h4-13,16-17H,14-15H2,1-3H3. The summed E-state index contributed by atoms with van der Waals surface area (Å²) in [6, 6.07) is 26.5. The fourth-order valence-electron chi connectivity index (χ4n) is 4.90. The van der Waals surface area contributed by atoms with Crippen LogP contribution in [0.3, 0.4) is 0 Å². The average Bonchev–Trinajstić information content (AvgIpc) is 3.51. The van der Waals surface area contributed by atoms with Crippen LogP contribution < -0.4 is 0 Å². The van der Waals surface area contributed by atoms with Crippen molar-refractivity contribution in [3.8, 4) is 0 Å². The fraction of sp³-hybridized carbons (Fsp3) is 0.269. The molecule has 0 bridgehead atoms. The molecular weight excluding hydrogens is 358 g/mol. The average molecular weight is 384 g/mol. The fourth-order valence-corrected chi connectivity index (χ4v) is 6.73. The Bertz CT molecular complexity index is 1000. The van der Waals surface area contributed by atoms with Gasteiger partial charge in [-0.05, 0) is 55.9 Å². The van der Waals surface area contributed by atoms with E-state index in [4.69, 9.17) is 4.99 Å². The molecule has 1 aliphatic carbocycles. The topological polar surface area (TPSA) is 12.4 Å². The lowest BCUT2D eigenvalue weighted by atomic mass is 9.76. The number of thioether (sulfide) groups is 1. The summed E-state index contributed by atoms with van der Waals surface area (Å²) >= 11 is 1.96. The minimum atomic E-state index is -0.0130. The molecular formula is C26H25NS. The first-order valence-corrected chi connectivity index (χ1v) is 10.9. The van der Waals surface area contributed by atoms with Gasteiger partial charge in [0, 0.05) is 5.41 Å². The molecule has 1 spiro atoms. The summed E-state index contributed by atoms with van der Waals surface area (Å²) < 4.78 is -0.0130. The second kappa shape index (κ2) is 6.35. The summed E-state index contributed by atoms with van der Waals surface area (Å²) in [5.41, 5.74) is 7.99. The third kappa shape index (κ3) is 2.44. The molecule has 1 aliphatic heterocycles. The Labute approximate surface area is 171 Å². The van der Waals surface area contributed by atoms with Crippen LogP contribution in [-0.4, -0.2) is 5.04 Å². The molecule has 0 N–H and O–H groups in total. The zero-order valence-electron chi connectivity index (χ0n) is 16.7. The van der Waals surface area contributed by atoms with E-state index in [9.17, 15) is 0 Å². The highest BCUT2D eigenvalue weighted by Crippen LogP contribution is 2.77. The van der Waals surface area contributed by atoms with Gasteiger partial charge in [-0.25, -0.2) is 4.99 Å². The number of nitrogens with zero attached hydrogens (tertiary/aromatic N) is 1. The molecule has 0 aromatic heterocycles. The van der Waals surface area contributed by atoms with Gasteiger partial charge in [-0.2, -0.15) is 0 Å². The molecule has 1 heterocycles. The minimum absolute atomic E-state index is 0.0130. The van der Waals surface area contributed by atoms with Crippen molar-refractivity contribution in [2.24, 2.45) is 10.4 Å². The van der Waals surface area contributed by atoms with Gasteiger partial charge in [-0.3, -0.25) is 0 Å². The number of aryl methyl sites for hydroxylation is 3. The third-order valence-corrected chi connectivity index (χ3v) is 8.14. The SMILES string of the molecule is Cc1cc(C)c(N=C2SC(c3ccccc3)(c3ccccc3)C23CC3)c(C)c1. The summed E-state index contributed by atoms with van der Waals surface area (Å²) in [7, 11) is 0. The molecule has 140 valence electrons. The van der Waals surface area contributed by atoms with E-state index in [1.54, 1.807) is 0 Å². The van der Waals surface area contributed by atoms with Crippen LogP contribution in [0.5, 0.6) is 0 Å². The minimum Gasteiger partial charge on any atom is -0.245 e. The molecule has 0 amide bonds. The van der Waals surface area contributed by atoms with Crippen LogP contribution in [0.15, 0.2) is 77.8 Å². The summed E-state index contributed by atoms with van der Waals surface area (Å²) in [5, 5.41) is 1.32. The van der Waals surface area contributed by atoms with Crippen molar-refractivity contribution < 1.29 is 0 Å². The maximum atomic E-state index is 5.25. The van der Waals surface area contributed by atoms with Crippen molar-refractivity contribution >= 4 is 22.5 Å². The van der Waals surface area contributed by atoms with Crippen LogP contribution in [0.25, 0.3) is 0 Å². The molecule has 5 rings (SSSR count). The number of hydrogen-bond acceptors (Lipinski definition) is 2. The van der Waals surface area contributed by atoms with Crippen molar-refractivity contribution in [2.45, 2.75) is 38.4 Å². The Balaban J connectivity index is 1.64. The molecule has 1 saturated heterocycles. The molecule has 2 aliphatic rings. The van der Waals surface area contributed by atoms with Crippen molar-refractivity contribution in [3.05, 3.63) is 101 Å². The zero-order chi connectivity index (χ0) is 19.4. The van der Waals surface area contributed by atoms with Gasteiger partial charge < -0.3 is 0 Å². The Morgan fingerprint density at radius 3 is 1.71 bits per heavy atom. The Morgan fingerprint density at radius 1 is 0.750 bits per heavy atom. The van der Waals surface area contributed by atoms with E-state index >= 15 is 0 Å². The Hall–Kier alpha value is -2.32. The van der Waals surface area contributed by atoms with E-state index in [2.05, 4.69) is 93.6 Å². The first-order valence-electron chi connectivity index (χ1n) is 10.0. The van der Waals surface area contributed by atoms with Crippen LogP contribution in [0.4, 0.5) is 5.69 Å². The van der Waals surface area contributed by atoms with E-state index in [1.807, 2.05) is 11.8 Å². The molecule has 1 nitrogen and oxygen atoms in total. The largest absolute Gasteiger partial charge is 0.245 e. The van der Waals surface area contributed by atoms with Crippen LogP contribution in [-0.2, 0) is 4.75 Å². The van der Waals surface area contributed by atoms with Gasteiger partial charge in [-0.15, -0.1) is 0 Å². The van der Waals surface area contributed by atoms with Crippen molar-refractivity contribution in [2.75, 3.05) is 0 Å². The van der Waals surface area contributed by atoms with E-state index < -0.39 is 0 Å². The predicted molar refractivity (Wildman–Crippen MR) is 121 cm³/mol. The highest BCUT2D eigenvalue weighted by molar-refractivity contribution is 8.17. The van der Waals surface area contributed by atoms with E-state index in [-0.39, 0.29) is 10.2 Å². The van der Waals surface area contributed by atoms with E-state index in [0.29, 0.717) is 0 Å². The predicted octanol–water partition coefficient (Wildman–Crippen LogP) is 7.11. The van der Waals surface area contributed by atoms with Crippen LogP contribution in [0.1, 0.15) is 40.7 Å². The summed E-state index contributed by atoms with van der Waals surface area (Å²) in [6.45, 7) is 6.53. The second-order valence-corrected chi connectivity index (χ2v) is 9.46. The summed E-state index contributed by atoms with van der Waals surface area (Å²) in [4.78, 5) is 5.25. The lowest BCUT2D eigenvalue weighted by Crippen LogP contribution is -2.49. The smallest absolute Gasteiger partial charge is 0.0834 e. The van der Waals surface area contributed by atoms with Crippen LogP contribution >= 0.6 is 11.8 Å². The molecule has 0 unspecified atom stereocenters. The molecule has 2 fully saturated rings.